The molecule has 0 radical (unpaired) electrons. The molecule has 0 heterocycles. The first-order valence-corrected chi connectivity index (χ1v) is 12.8. The van der Waals surface area contributed by atoms with Crippen molar-refractivity contribution in [2.45, 2.75) is 96.4 Å². The Morgan fingerprint density at radius 2 is 1.79 bits per heavy atom. The summed E-state index contributed by atoms with van der Waals surface area (Å²) in [6, 6.07) is 11.2. The third-order valence-electron chi connectivity index (χ3n) is 6.83. The Kier molecular flexibility index (Phi) is 9.17. The lowest BCUT2D eigenvalue weighted by Crippen LogP contribution is -2.48. The summed E-state index contributed by atoms with van der Waals surface area (Å²) in [6.07, 6.45) is 8.35. The van der Waals surface area contributed by atoms with E-state index in [0.717, 1.165) is 38.5 Å². The molecule has 188 valence electrons. The topological polar surface area (TPSA) is 67.9 Å². The van der Waals surface area contributed by atoms with Crippen LogP contribution in [0.5, 0.6) is 0 Å². The molecule has 6 heteroatoms. The minimum Gasteiger partial charge on any atom is -0.469 e. The predicted molar refractivity (Wildman–Crippen MR) is 135 cm³/mol. The van der Waals surface area contributed by atoms with Crippen LogP contribution in [-0.4, -0.2) is 54.3 Å². The number of nitrogens with zero attached hydrogens (tertiary/aromatic N) is 1. The van der Waals surface area contributed by atoms with Crippen molar-refractivity contribution in [2.24, 2.45) is 5.92 Å². The van der Waals surface area contributed by atoms with Crippen molar-refractivity contribution in [3.8, 4) is 0 Å². The first-order chi connectivity index (χ1) is 16.2. The van der Waals surface area contributed by atoms with Gasteiger partial charge < -0.3 is 19.7 Å². The molecule has 0 aromatic heterocycles. The van der Waals surface area contributed by atoms with Gasteiger partial charge in [0.2, 0.25) is 0 Å². The average Bonchev–Trinajstić information content (AvgIpc) is 3.58. The van der Waals surface area contributed by atoms with E-state index in [-0.39, 0.29) is 24.1 Å². The van der Waals surface area contributed by atoms with Crippen molar-refractivity contribution in [1.29, 1.82) is 0 Å². The Morgan fingerprint density at radius 3 is 2.38 bits per heavy atom. The minimum atomic E-state index is -0.514. The maximum absolute atomic E-state index is 13.3. The lowest BCUT2D eigenvalue weighted by molar-refractivity contribution is -0.140. The highest BCUT2D eigenvalue weighted by Crippen LogP contribution is 2.46. The number of amides is 1. The van der Waals surface area contributed by atoms with E-state index in [2.05, 4.69) is 47.5 Å². The van der Waals surface area contributed by atoms with E-state index in [0.29, 0.717) is 24.9 Å². The van der Waals surface area contributed by atoms with Crippen LogP contribution in [0.25, 0.3) is 6.08 Å². The zero-order valence-corrected chi connectivity index (χ0v) is 21.5. The summed E-state index contributed by atoms with van der Waals surface area (Å²) < 4.78 is 10.6. The van der Waals surface area contributed by atoms with Crippen LogP contribution < -0.4 is 5.32 Å². The van der Waals surface area contributed by atoms with E-state index in [9.17, 15) is 9.59 Å². The smallest absolute Gasteiger partial charge is 0.410 e. The summed E-state index contributed by atoms with van der Waals surface area (Å²) in [5.41, 5.74) is 2.11. The molecule has 2 fully saturated rings. The maximum atomic E-state index is 13.3. The van der Waals surface area contributed by atoms with E-state index < -0.39 is 5.60 Å². The molecule has 2 aliphatic rings. The number of esters is 1. The second kappa shape index (κ2) is 11.9. The van der Waals surface area contributed by atoms with Crippen LogP contribution in [0.3, 0.4) is 0 Å². The maximum Gasteiger partial charge on any atom is 0.410 e. The van der Waals surface area contributed by atoms with Crippen LogP contribution in [0.2, 0.25) is 0 Å². The summed E-state index contributed by atoms with van der Waals surface area (Å²) in [5, 5.41) is 3.48. The fraction of sp³-hybridized carbons (Fsp3) is 0.643. The molecule has 2 unspecified atom stereocenters. The van der Waals surface area contributed by atoms with Crippen molar-refractivity contribution >= 4 is 18.1 Å². The summed E-state index contributed by atoms with van der Waals surface area (Å²) in [5.74, 6) is 0.209. The number of carbonyl (C=O) groups is 2. The molecule has 2 atom stereocenters. The fourth-order valence-corrected chi connectivity index (χ4v) is 5.03. The Labute approximate surface area is 205 Å². The SMILES string of the molecule is CCC(=Cc1ccccc1)C1CC1N(C(=O)OC(C)(C)C)C1CCC(NCCC(=O)OC)CC1. The van der Waals surface area contributed by atoms with Crippen molar-refractivity contribution in [3.63, 3.8) is 0 Å². The fourth-order valence-electron chi connectivity index (χ4n) is 5.03. The quantitative estimate of drug-likeness (QED) is 0.478. The van der Waals surface area contributed by atoms with Crippen LogP contribution >= 0.6 is 0 Å². The van der Waals surface area contributed by atoms with Gasteiger partial charge in [-0.25, -0.2) is 4.79 Å². The number of carbonyl (C=O) groups excluding carboxylic acids is 2. The molecule has 34 heavy (non-hydrogen) atoms. The molecule has 1 N–H and O–H groups in total. The Balaban J connectivity index is 1.65. The van der Waals surface area contributed by atoms with E-state index >= 15 is 0 Å². The van der Waals surface area contributed by atoms with Crippen molar-refractivity contribution in [1.82, 2.24) is 10.2 Å². The van der Waals surface area contributed by atoms with Gasteiger partial charge in [0.25, 0.3) is 0 Å². The van der Waals surface area contributed by atoms with E-state index in [4.69, 9.17) is 9.47 Å². The number of nitrogens with one attached hydrogen (secondary N) is 1. The van der Waals surface area contributed by atoms with Gasteiger partial charge in [-0.3, -0.25) is 4.79 Å². The highest BCUT2D eigenvalue weighted by Gasteiger charge is 2.49. The number of ether oxygens (including phenoxy) is 2. The van der Waals surface area contributed by atoms with E-state index in [1.165, 1.54) is 18.2 Å². The van der Waals surface area contributed by atoms with Crippen LogP contribution in [0, 0.1) is 5.92 Å². The molecule has 1 aromatic rings. The normalized spacial score (nSPS) is 24.9. The molecule has 2 aliphatic carbocycles. The average molecular weight is 471 g/mol. The van der Waals surface area contributed by atoms with Crippen molar-refractivity contribution in [3.05, 3.63) is 41.5 Å². The number of hydrogen-bond acceptors (Lipinski definition) is 5. The first kappa shape index (κ1) is 26.3. The minimum absolute atomic E-state index is 0.183. The van der Waals surface area contributed by atoms with Gasteiger partial charge in [-0.2, -0.15) is 0 Å². The van der Waals surface area contributed by atoms with Gasteiger partial charge >= 0.3 is 12.1 Å². The summed E-state index contributed by atoms with van der Waals surface area (Å²) in [6.45, 7) is 8.63. The molecule has 0 saturated heterocycles. The first-order valence-electron chi connectivity index (χ1n) is 12.8. The van der Waals surface area contributed by atoms with Gasteiger partial charge in [0, 0.05) is 30.6 Å². The standard InChI is InChI=1S/C28H42N2O4/c1-6-21(18-20-10-8-7-9-11-20)24-19-25(24)30(27(32)34-28(2,3)4)23-14-12-22(13-15-23)29-17-16-26(31)33-5/h7-11,18,22-25,29H,6,12-17,19H2,1-5H3. The van der Waals surface area contributed by atoms with Gasteiger partial charge in [0.05, 0.1) is 13.5 Å². The number of rotatable bonds is 9. The molecule has 2 saturated carbocycles. The van der Waals surface area contributed by atoms with Gasteiger partial charge in [0.1, 0.15) is 5.60 Å². The highest BCUT2D eigenvalue weighted by atomic mass is 16.6. The number of hydrogen-bond donors (Lipinski definition) is 1. The number of methoxy groups -OCH3 is 1. The second-order valence-electron chi connectivity index (χ2n) is 10.6. The lowest BCUT2D eigenvalue weighted by atomic mass is 9.90. The third kappa shape index (κ3) is 7.59. The van der Waals surface area contributed by atoms with Crippen LogP contribution in [0.1, 0.15) is 78.2 Å². The summed E-state index contributed by atoms with van der Waals surface area (Å²) in [4.78, 5) is 26.8. The van der Waals surface area contributed by atoms with Crippen molar-refractivity contribution < 1.29 is 19.1 Å². The largest absolute Gasteiger partial charge is 0.469 e. The molecule has 1 amide bonds. The third-order valence-corrected chi connectivity index (χ3v) is 6.83. The van der Waals surface area contributed by atoms with Gasteiger partial charge in [-0.15, -0.1) is 0 Å². The van der Waals surface area contributed by atoms with Gasteiger partial charge in [0.15, 0.2) is 0 Å². The van der Waals surface area contributed by atoms with E-state index in [1.54, 1.807) is 0 Å². The van der Waals surface area contributed by atoms with E-state index in [1.807, 2.05) is 26.8 Å². The molecular weight excluding hydrogens is 428 g/mol. The Hall–Kier alpha value is -2.34. The van der Waals surface area contributed by atoms with Crippen LogP contribution in [0.4, 0.5) is 4.79 Å². The molecule has 0 aliphatic heterocycles. The molecule has 0 spiro atoms. The molecule has 1 aromatic carbocycles. The molecule has 6 nitrogen and oxygen atoms in total. The monoisotopic (exact) mass is 470 g/mol. The van der Waals surface area contributed by atoms with Crippen molar-refractivity contribution in [2.75, 3.05) is 13.7 Å². The summed E-state index contributed by atoms with van der Waals surface area (Å²) >= 11 is 0. The zero-order chi connectivity index (χ0) is 24.7. The molecule has 3 rings (SSSR count). The predicted octanol–water partition coefficient (Wildman–Crippen LogP) is 5.57. The Morgan fingerprint density at radius 1 is 1.12 bits per heavy atom. The van der Waals surface area contributed by atoms with Gasteiger partial charge in [-0.1, -0.05) is 48.9 Å². The molecule has 0 bridgehead atoms. The lowest BCUT2D eigenvalue weighted by Gasteiger charge is -2.38. The second-order valence-corrected chi connectivity index (χ2v) is 10.6. The molecular formula is C28H42N2O4. The van der Waals surface area contributed by atoms with Gasteiger partial charge in [-0.05, 0) is 64.9 Å². The highest BCUT2D eigenvalue weighted by molar-refractivity contribution is 5.70. The van der Waals surface area contributed by atoms with Crippen LogP contribution in [-0.2, 0) is 14.3 Å². The zero-order valence-electron chi connectivity index (χ0n) is 21.5. The number of benzene rings is 1. The summed E-state index contributed by atoms with van der Waals surface area (Å²) in [7, 11) is 1.42. The Bertz CT molecular complexity index is 838. The van der Waals surface area contributed by atoms with Crippen LogP contribution in [0.15, 0.2) is 35.9 Å².